The summed E-state index contributed by atoms with van der Waals surface area (Å²) in [5.74, 6) is -0.836. The molecule has 0 saturated heterocycles. The van der Waals surface area contributed by atoms with Gasteiger partial charge < -0.3 is 27.9 Å². The number of hydrogen-bond acceptors (Lipinski definition) is 8. The average Bonchev–Trinajstić information content (AvgIpc) is 3.21. The number of ether oxygens (including phenoxy) is 2. The molecule has 2 atom stereocenters. The SMILES string of the molecule is CCCCCCC/C=C\CCCCCCCC(=O)OCC(COP(=O)([O-])OCC[N+](C)(C)C)OC(=O)CCCCCCCCCCCCC/C=C\CCCCCCCCCC. The molecule has 0 aromatic carbocycles. The first kappa shape index (κ1) is 59.5. The molecule has 0 spiro atoms. The smallest absolute Gasteiger partial charge is 0.306 e. The third kappa shape index (κ3) is 47.8. The summed E-state index contributed by atoms with van der Waals surface area (Å²) >= 11 is 0. The molecule has 0 radical (unpaired) electrons. The van der Waals surface area contributed by atoms with Gasteiger partial charge in [0, 0.05) is 12.8 Å². The van der Waals surface area contributed by atoms with Gasteiger partial charge in [0.25, 0.3) is 7.82 Å². The number of esters is 2. The van der Waals surface area contributed by atoms with E-state index >= 15 is 0 Å². The maximum atomic E-state index is 12.7. The summed E-state index contributed by atoms with van der Waals surface area (Å²) < 4.78 is 34.0. The lowest BCUT2D eigenvalue weighted by Crippen LogP contribution is -2.37. The number of quaternary nitrogens is 1. The fourth-order valence-corrected chi connectivity index (χ4v) is 7.90. The second-order valence-corrected chi connectivity index (χ2v) is 19.9. The van der Waals surface area contributed by atoms with Crippen molar-refractivity contribution >= 4 is 19.8 Å². The lowest BCUT2D eigenvalue weighted by Gasteiger charge is -2.28. The van der Waals surface area contributed by atoms with Crippen LogP contribution in [0.2, 0.25) is 0 Å². The number of rotatable bonds is 47. The van der Waals surface area contributed by atoms with Crippen LogP contribution < -0.4 is 4.89 Å². The number of unbranched alkanes of at least 4 members (excludes halogenated alkanes) is 29. The summed E-state index contributed by atoms with van der Waals surface area (Å²) in [7, 11) is 1.17. The van der Waals surface area contributed by atoms with Crippen LogP contribution in [0.15, 0.2) is 24.3 Å². The predicted octanol–water partition coefficient (Wildman–Crippen LogP) is 14.5. The van der Waals surface area contributed by atoms with Crippen LogP contribution in [0, 0.1) is 0 Å². The molecule has 61 heavy (non-hydrogen) atoms. The second-order valence-electron chi connectivity index (χ2n) is 18.5. The molecule has 10 heteroatoms. The van der Waals surface area contributed by atoms with E-state index in [4.69, 9.17) is 18.5 Å². The van der Waals surface area contributed by atoms with Crippen LogP contribution in [-0.4, -0.2) is 70.0 Å². The minimum atomic E-state index is -4.63. The van der Waals surface area contributed by atoms with Crippen molar-refractivity contribution in [2.24, 2.45) is 0 Å². The van der Waals surface area contributed by atoms with Gasteiger partial charge in [-0.25, -0.2) is 0 Å². The first-order chi connectivity index (χ1) is 29.5. The van der Waals surface area contributed by atoms with E-state index in [1.807, 2.05) is 21.1 Å². The van der Waals surface area contributed by atoms with Crippen molar-refractivity contribution in [2.75, 3.05) is 47.5 Å². The number of phosphoric ester groups is 1. The molecule has 0 saturated carbocycles. The van der Waals surface area contributed by atoms with Gasteiger partial charge in [-0.15, -0.1) is 0 Å². The summed E-state index contributed by atoms with van der Waals surface area (Å²) in [6.07, 6.45) is 49.2. The van der Waals surface area contributed by atoms with Gasteiger partial charge in [0.1, 0.15) is 19.8 Å². The lowest BCUT2D eigenvalue weighted by atomic mass is 10.0. The predicted molar refractivity (Wildman–Crippen MR) is 254 cm³/mol. The Morgan fingerprint density at radius 2 is 0.836 bits per heavy atom. The molecule has 2 unspecified atom stereocenters. The number of allylic oxidation sites excluding steroid dienone is 4. The highest BCUT2D eigenvalue weighted by Crippen LogP contribution is 2.38. The lowest BCUT2D eigenvalue weighted by molar-refractivity contribution is -0.870. The van der Waals surface area contributed by atoms with Gasteiger partial charge in [-0.05, 0) is 64.2 Å². The quantitative estimate of drug-likeness (QED) is 0.0195. The van der Waals surface area contributed by atoms with Crippen molar-refractivity contribution in [3.63, 3.8) is 0 Å². The minimum absolute atomic E-state index is 0.0306. The highest BCUT2D eigenvalue weighted by atomic mass is 31.2. The van der Waals surface area contributed by atoms with Crippen molar-refractivity contribution in [3.05, 3.63) is 24.3 Å². The van der Waals surface area contributed by atoms with Crippen LogP contribution in [0.4, 0.5) is 0 Å². The maximum absolute atomic E-state index is 12.7. The van der Waals surface area contributed by atoms with Crippen molar-refractivity contribution in [3.8, 4) is 0 Å². The number of likely N-dealkylation sites (N-methyl/N-ethyl adjacent to an activating group) is 1. The summed E-state index contributed by atoms with van der Waals surface area (Å²) in [6, 6.07) is 0. The Balaban J connectivity index is 4.21. The molecule has 0 aromatic rings. The highest BCUT2D eigenvalue weighted by molar-refractivity contribution is 7.45. The first-order valence-electron chi connectivity index (χ1n) is 25.5. The fourth-order valence-electron chi connectivity index (χ4n) is 7.17. The van der Waals surface area contributed by atoms with Gasteiger partial charge in [0.15, 0.2) is 6.10 Å². The van der Waals surface area contributed by atoms with E-state index in [1.165, 1.54) is 148 Å². The van der Waals surface area contributed by atoms with E-state index in [-0.39, 0.29) is 32.0 Å². The normalized spacial score (nSPS) is 13.6. The number of phosphoric acid groups is 1. The second kappa shape index (κ2) is 43.7. The van der Waals surface area contributed by atoms with E-state index in [2.05, 4.69) is 38.2 Å². The molecule has 0 rings (SSSR count). The summed E-state index contributed by atoms with van der Waals surface area (Å²) in [5.41, 5.74) is 0. The molecule has 0 aliphatic carbocycles. The molecular weight excluding hydrogens is 786 g/mol. The van der Waals surface area contributed by atoms with Crippen molar-refractivity contribution in [1.29, 1.82) is 0 Å². The largest absolute Gasteiger partial charge is 0.756 e. The van der Waals surface area contributed by atoms with E-state index in [9.17, 15) is 19.0 Å². The van der Waals surface area contributed by atoms with Crippen molar-refractivity contribution < 1.29 is 42.1 Å². The highest BCUT2D eigenvalue weighted by Gasteiger charge is 2.21. The number of carbonyl (C=O) groups is 2. The summed E-state index contributed by atoms with van der Waals surface area (Å²) in [4.78, 5) is 37.7. The third-order valence-electron chi connectivity index (χ3n) is 11.2. The molecular formula is C51H98NO8P. The van der Waals surface area contributed by atoms with E-state index < -0.39 is 26.5 Å². The van der Waals surface area contributed by atoms with Crippen molar-refractivity contribution in [2.45, 2.75) is 245 Å². The zero-order valence-corrected chi connectivity index (χ0v) is 41.5. The van der Waals surface area contributed by atoms with Gasteiger partial charge in [0.05, 0.1) is 27.7 Å². The van der Waals surface area contributed by atoms with E-state index in [0.29, 0.717) is 17.4 Å². The molecule has 360 valence electrons. The molecule has 0 heterocycles. The topological polar surface area (TPSA) is 111 Å². The Kier molecular flexibility index (Phi) is 42.6. The molecule has 0 fully saturated rings. The molecule has 0 aromatic heterocycles. The number of nitrogens with zero attached hydrogens (tertiary/aromatic N) is 1. The van der Waals surface area contributed by atoms with Gasteiger partial charge >= 0.3 is 11.9 Å². The molecule has 0 aliphatic rings. The molecule has 0 bridgehead atoms. The molecule has 9 nitrogen and oxygen atoms in total. The van der Waals surface area contributed by atoms with Crippen molar-refractivity contribution in [1.82, 2.24) is 0 Å². The van der Waals surface area contributed by atoms with Crippen LogP contribution in [0.3, 0.4) is 0 Å². The summed E-state index contributed by atoms with van der Waals surface area (Å²) in [5, 5.41) is 0. The van der Waals surface area contributed by atoms with Gasteiger partial charge in [-0.2, -0.15) is 0 Å². The van der Waals surface area contributed by atoms with E-state index in [0.717, 1.165) is 57.8 Å². The molecule has 0 aliphatic heterocycles. The zero-order valence-electron chi connectivity index (χ0n) is 40.6. The molecule has 0 amide bonds. The Labute approximate surface area is 377 Å². The first-order valence-corrected chi connectivity index (χ1v) is 27.0. The number of hydrogen-bond donors (Lipinski definition) is 0. The van der Waals surface area contributed by atoms with Crippen LogP contribution >= 0.6 is 7.82 Å². The maximum Gasteiger partial charge on any atom is 0.306 e. The number of carbonyl (C=O) groups excluding carboxylic acids is 2. The standard InChI is InChI=1S/C51H98NO8P/c1-6-8-10-12-14-16-18-20-22-23-24-25-26-27-28-29-30-32-34-36-38-40-42-44-51(54)60-49(48-59-61(55,56)58-46-45-52(3,4)5)47-57-50(53)43-41-39-37-35-33-31-21-19-17-15-13-11-9-7-2/h19,21,23-24,49H,6-18,20,22,25-48H2,1-5H3/b21-19-,24-23-. The Bertz CT molecular complexity index is 1090. The summed E-state index contributed by atoms with van der Waals surface area (Å²) in [6.45, 7) is 4.24. The fraction of sp³-hybridized carbons (Fsp3) is 0.882. The average molecular weight is 884 g/mol. The van der Waals surface area contributed by atoms with Gasteiger partial charge in [-0.1, -0.05) is 186 Å². The Morgan fingerprint density at radius 3 is 1.21 bits per heavy atom. The Hall–Kier alpha value is -1.51. The van der Waals surface area contributed by atoms with E-state index in [1.54, 1.807) is 0 Å². The third-order valence-corrected chi connectivity index (χ3v) is 12.2. The van der Waals surface area contributed by atoms with Gasteiger partial charge in [0.2, 0.25) is 0 Å². The van der Waals surface area contributed by atoms with Crippen LogP contribution in [0.25, 0.3) is 0 Å². The van der Waals surface area contributed by atoms with Crippen LogP contribution in [0.1, 0.15) is 239 Å². The van der Waals surface area contributed by atoms with Crippen LogP contribution in [-0.2, 0) is 32.7 Å². The van der Waals surface area contributed by atoms with Crippen LogP contribution in [0.5, 0.6) is 0 Å². The minimum Gasteiger partial charge on any atom is -0.756 e. The molecule has 0 N–H and O–H groups in total. The van der Waals surface area contributed by atoms with Gasteiger partial charge in [-0.3, -0.25) is 14.2 Å². The zero-order chi connectivity index (χ0) is 45.0. The monoisotopic (exact) mass is 884 g/mol. The Morgan fingerprint density at radius 1 is 0.492 bits per heavy atom.